The highest BCUT2D eigenvalue weighted by Gasteiger charge is 2.27. The van der Waals surface area contributed by atoms with E-state index in [9.17, 15) is 19.0 Å². The van der Waals surface area contributed by atoms with E-state index in [1.807, 2.05) is 0 Å². The molecule has 0 bridgehead atoms. The minimum atomic E-state index is -4.63. The lowest BCUT2D eigenvalue weighted by molar-refractivity contribution is -0.154. The smallest absolute Gasteiger partial charge is 0.472 e. The van der Waals surface area contributed by atoms with Crippen LogP contribution in [0.3, 0.4) is 0 Å². The van der Waals surface area contributed by atoms with Gasteiger partial charge in [-0.3, -0.25) is 18.6 Å². The van der Waals surface area contributed by atoms with Crippen LogP contribution in [0.5, 0.6) is 0 Å². The minimum Gasteiger partial charge on any atom is -0.480 e. The Morgan fingerprint density at radius 2 is 0.797 bits per heavy atom. The van der Waals surface area contributed by atoms with E-state index in [1.54, 1.807) is 0 Å². The molecule has 0 rings (SSSR count). The summed E-state index contributed by atoms with van der Waals surface area (Å²) < 4.78 is 33.6. The number of ether oxygens (including phenoxy) is 2. The predicted molar refractivity (Wildman–Crippen MR) is 291 cm³/mol. The van der Waals surface area contributed by atoms with E-state index in [2.05, 4.69) is 50.3 Å². The van der Waals surface area contributed by atoms with Crippen LogP contribution in [0.2, 0.25) is 0 Å². The van der Waals surface area contributed by atoms with Crippen molar-refractivity contribution in [2.75, 3.05) is 26.4 Å². The summed E-state index contributed by atoms with van der Waals surface area (Å²) in [6.45, 7) is 3.92. The SMILES string of the molecule is CCCCCCC/C=C\C/C=C\C/C=C\CCCCCCCCCCCOCC(COP(=O)(O)OCC(N)C(=O)O)OC(=O)CCCCCCCCCCCCCCCCCCCCCCCCC. The van der Waals surface area contributed by atoms with Crippen LogP contribution in [0.25, 0.3) is 0 Å². The zero-order valence-electron chi connectivity index (χ0n) is 44.9. The number of carboxylic acids is 1. The Balaban J connectivity index is 4.06. The Hall–Kier alpha value is -1.81. The molecule has 3 atom stereocenters. The molecule has 10 nitrogen and oxygen atoms in total. The fourth-order valence-corrected chi connectivity index (χ4v) is 9.22. The van der Waals surface area contributed by atoms with Gasteiger partial charge in [0.1, 0.15) is 12.1 Å². The summed E-state index contributed by atoms with van der Waals surface area (Å²) in [5.41, 5.74) is 5.39. The number of unbranched alkanes of at least 4 members (excludes halogenated alkanes) is 36. The van der Waals surface area contributed by atoms with Gasteiger partial charge >= 0.3 is 19.8 Å². The molecule has 0 aliphatic heterocycles. The molecule has 0 heterocycles. The van der Waals surface area contributed by atoms with Crippen LogP contribution >= 0.6 is 7.82 Å². The van der Waals surface area contributed by atoms with Crippen LogP contribution in [0.15, 0.2) is 36.5 Å². The van der Waals surface area contributed by atoms with Crippen molar-refractivity contribution in [2.24, 2.45) is 5.73 Å². The topological polar surface area (TPSA) is 155 Å². The number of hydrogen-bond acceptors (Lipinski definition) is 8. The third kappa shape index (κ3) is 53.8. The summed E-state index contributed by atoms with van der Waals surface area (Å²) in [4.78, 5) is 33.8. The van der Waals surface area contributed by atoms with Crippen molar-refractivity contribution in [3.8, 4) is 0 Å². The molecule has 0 spiro atoms. The lowest BCUT2D eigenvalue weighted by Crippen LogP contribution is -2.34. The molecule has 0 saturated carbocycles. The first-order chi connectivity index (χ1) is 33.7. The maximum atomic E-state index is 12.7. The van der Waals surface area contributed by atoms with E-state index >= 15 is 0 Å². The van der Waals surface area contributed by atoms with Gasteiger partial charge in [-0.25, -0.2) is 4.57 Å². The molecule has 0 amide bonds. The van der Waals surface area contributed by atoms with Crippen LogP contribution in [-0.4, -0.2) is 60.5 Å². The predicted octanol–water partition coefficient (Wildman–Crippen LogP) is 17.6. The molecule has 11 heteroatoms. The number of phosphoric acid groups is 1. The second kappa shape index (κ2) is 54.0. The lowest BCUT2D eigenvalue weighted by atomic mass is 10.0. The number of hydrogen-bond donors (Lipinski definition) is 3. The summed E-state index contributed by atoms with van der Waals surface area (Å²) in [6.07, 6.45) is 65.0. The molecule has 4 N–H and O–H groups in total. The Bertz CT molecular complexity index is 1240. The number of aliphatic carboxylic acids is 1. The van der Waals surface area contributed by atoms with E-state index in [1.165, 1.54) is 205 Å². The van der Waals surface area contributed by atoms with Crippen molar-refractivity contribution in [2.45, 2.75) is 296 Å². The molecule has 0 fully saturated rings. The quantitative estimate of drug-likeness (QED) is 0.0232. The zero-order valence-corrected chi connectivity index (χ0v) is 45.8. The standard InChI is InChI=1S/C58H110NO9P/c1-3-5-7-9-11-13-15-17-19-21-23-25-27-29-31-33-35-37-39-41-43-45-47-49-51-65-52-55(53-66-69(63,64)67-54-56(59)58(61)62)68-57(60)50-48-46-44-42-40-38-36-34-32-30-28-26-24-22-20-18-16-14-12-10-8-6-4-2/h15,17,21,23,27,29,55-56H,3-14,16,18-20,22,24-26,28,30-54,59H2,1-2H3,(H,61,62)(H,63,64)/b17-15-,23-21-,29-27-. The molecule has 0 aromatic rings. The number of nitrogens with two attached hydrogens (primary N) is 1. The maximum Gasteiger partial charge on any atom is 0.472 e. The Labute approximate surface area is 425 Å². The van der Waals surface area contributed by atoms with Gasteiger partial charge in [-0.2, -0.15) is 0 Å². The van der Waals surface area contributed by atoms with Crippen molar-refractivity contribution in [1.29, 1.82) is 0 Å². The van der Waals surface area contributed by atoms with Crippen LogP contribution in [0.1, 0.15) is 284 Å². The number of carboxylic acid groups (broad SMARTS) is 1. The van der Waals surface area contributed by atoms with Crippen LogP contribution < -0.4 is 5.73 Å². The number of phosphoric ester groups is 1. The maximum absolute atomic E-state index is 12.7. The van der Waals surface area contributed by atoms with Gasteiger partial charge in [-0.05, 0) is 51.4 Å². The van der Waals surface area contributed by atoms with Crippen molar-refractivity contribution in [3.63, 3.8) is 0 Å². The van der Waals surface area contributed by atoms with E-state index in [0.29, 0.717) is 13.0 Å². The molecule has 0 aromatic carbocycles. The lowest BCUT2D eigenvalue weighted by Gasteiger charge is -2.20. The van der Waals surface area contributed by atoms with Crippen LogP contribution in [0.4, 0.5) is 0 Å². The second-order valence-corrected chi connectivity index (χ2v) is 21.2. The Morgan fingerprint density at radius 1 is 0.464 bits per heavy atom. The highest BCUT2D eigenvalue weighted by molar-refractivity contribution is 7.47. The van der Waals surface area contributed by atoms with E-state index in [0.717, 1.165) is 51.4 Å². The molecule has 0 aromatic heterocycles. The van der Waals surface area contributed by atoms with Gasteiger partial charge in [0.25, 0.3) is 0 Å². The molecular weight excluding hydrogens is 886 g/mol. The first-order valence-electron chi connectivity index (χ1n) is 29.0. The fourth-order valence-electron chi connectivity index (χ4n) is 8.44. The molecule has 3 unspecified atom stereocenters. The van der Waals surface area contributed by atoms with E-state index in [4.69, 9.17) is 29.4 Å². The molecule has 0 aliphatic rings. The monoisotopic (exact) mass is 996 g/mol. The molecule has 406 valence electrons. The number of carbonyl (C=O) groups is 2. The highest BCUT2D eigenvalue weighted by Crippen LogP contribution is 2.43. The van der Waals surface area contributed by atoms with Gasteiger partial charge in [0.05, 0.1) is 19.8 Å². The van der Waals surface area contributed by atoms with Crippen molar-refractivity contribution in [1.82, 2.24) is 0 Å². The van der Waals surface area contributed by atoms with E-state index < -0.39 is 45.1 Å². The normalized spacial score (nSPS) is 13.8. The van der Waals surface area contributed by atoms with E-state index in [-0.39, 0.29) is 13.0 Å². The summed E-state index contributed by atoms with van der Waals surface area (Å²) in [5.74, 6) is -1.77. The Morgan fingerprint density at radius 3 is 1.19 bits per heavy atom. The summed E-state index contributed by atoms with van der Waals surface area (Å²) in [7, 11) is -4.63. The number of esters is 1. The highest BCUT2D eigenvalue weighted by atomic mass is 31.2. The van der Waals surface area contributed by atoms with Crippen LogP contribution in [0, 0.1) is 0 Å². The molecule has 0 aliphatic carbocycles. The number of allylic oxidation sites excluding steroid dienone is 6. The molecule has 0 radical (unpaired) electrons. The zero-order chi connectivity index (χ0) is 50.4. The first-order valence-corrected chi connectivity index (χ1v) is 30.5. The van der Waals surface area contributed by atoms with Gasteiger partial charge in [0.2, 0.25) is 0 Å². The second-order valence-electron chi connectivity index (χ2n) is 19.8. The summed E-state index contributed by atoms with van der Waals surface area (Å²) >= 11 is 0. The van der Waals surface area contributed by atoms with Crippen molar-refractivity contribution >= 4 is 19.8 Å². The average Bonchev–Trinajstić information content (AvgIpc) is 3.33. The van der Waals surface area contributed by atoms with Gasteiger partial charge in [0, 0.05) is 13.0 Å². The average molecular weight is 996 g/mol. The van der Waals surface area contributed by atoms with Gasteiger partial charge in [0.15, 0.2) is 0 Å². The number of carbonyl (C=O) groups excluding carboxylic acids is 1. The van der Waals surface area contributed by atoms with Gasteiger partial charge in [-0.1, -0.05) is 262 Å². The molecule has 0 saturated heterocycles. The largest absolute Gasteiger partial charge is 0.480 e. The van der Waals surface area contributed by atoms with Crippen molar-refractivity contribution < 1.29 is 42.7 Å². The van der Waals surface area contributed by atoms with Crippen molar-refractivity contribution in [3.05, 3.63) is 36.5 Å². The van der Waals surface area contributed by atoms with Gasteiger partial charge in [-0.15, -0.1) is 0 Å². The fraction of sp³-hybridized carbons (Fsp3) is 0.862. The molecule has 69 heavy (non-hydrogen) atoms. The first kappa shape index (κ1) is 67.2. The van der Waals surface area contributed by atoms with Crippen LogP contribution in [-0.2, 0) is 32.7 Å². The summed E-state index contributed by atoms with van der Waals surface area (Å²) in [5, 5.41) is 8.95. The number of rotatable bonds is 56. The summed E-state index contributed by atoms with van der Waals surface area (Å²) in [6, 6.07) is -1.47. The third-order valence-electron chi connectivity index (χ3n) is 12.9. The van der Waals surface area contributed by atoms with Gasteiger partial charge < -0.3 is 25.2 Å². The third-order valence-corrected chi connectivity index (χ3v) is 13.9. The minimum absolute atomic E-state index is 0.0165. The Kier molecular flexibility index (Phi) is 52.6. The molecular formula is C58H110NO9P.